The van der Waals surface area contributed by atoms with Crippen molar-refractivity contribution in [3.05, 3.63) is 97.9 Å². The lowest BCUT2D eigenvalue weighted by Crippen LogP contribution is -2.14. The normalized spacial score (nSPS) is 11.0. The Labute approximate surface area is 200 Å². The van der Waals surface area contributed by atoms with Crippen LogP contribution in [0.3, 0.4) is 0 Å². The van der Waals surface area contributed by atoms with Gasteiger partial charge in [-0.3, -0.25) is 4.79 Å². The van der Waals surface area contributed by atoms with Crippen LogP contribution in [-0.2, 0) is 11.2 Å². The fraction of sp³-hybridized carbons (Fsp3) is 0.154. The highest BCUT2D eigenvalue weighted by molar-refractivity contribution is 14.1. The van der Waals surface area contributed by atoms with Gasteiger partial charge >= 0.3 is 0 Å². The summed E-state index contributed by atoms with van der Waals surface area (Å²) in [6.45, 7) is 4.20. The maximum atomic E-state index is 14.2. The average molecular weight is 540 g/mol. The molecule has 3 aromatic rings. The van der Waals surface area contributed by atoms with Crippen molar-refractivity contribution in [3.8, 4) is 11.8 Å². The van der Waals surface area contributed by atoms with Gasteiger partial charge in [0, 0.05) is 21.2 Å². The second-order valence-corrected chi connectivity index (χ2v) is 8.28. The molecule has 0 saturated heterocycles. The largest absolute Gasteiger partial charge is 0.494 e. The number of aryl methyl sites for hydroxylation is 1. The first kappa shape index (κ1) is 23.5. The summed E-state index contributed by atoms with van der Waals surface area (Å²) in [5, 5.41) is 12.4. The minimum absolute atomic E-state index is 0.0200. The van der Waals surface area contributed by atoms with Gasteiger partial charge in [0.15, 0.2) is 0 Å². The predicted octanol–water partition coefficient (Wildman–Crippen LogP) is 6.27. The zero-order chi connectivity index (χ0) is 23.1. The summed E-state index contributed by atoms with van der Waals surface area (Å²) in [6.07, 6.45) is 1.91. The van der Waals surface area contributed by atoms with Crippen LogP contribution < -0.4 is 10.1 Å². The van der Waals surface area contributed by atoms with E-state index >= 15 is 0 Å². The lowest BCUT2D eigenvalue weighted by Gasteiger charge is -2.14. The molecule has 0 heterocycles. The van der Waals surface area contributed by atoms with Gasteiger partial charge in [-0.1, -0.05) is 36.4 Å². The molecule has 4 nitrogen and oxygen atoms in total. The molecule has 0 aromatic heterocycles. The van der Waals surface area contributed by atoms with Gasteiger partial charge in [0.05, 0.1) is 6.61 Å². The van der Waals surface area contributed by atoms with E-state index in [4.69, 9.17) is 4.74 Å². The van der Waals surface area contributed by atoms with Crippen molar-refractivity contribution in [2.24, 2.45) is 0 Å². The monoisotopic (exact) mass is 540 g/mol. The molecule has 6 heteroatoms. The van der Waals surface area contributed by atoms with E-state index in [1.165, 1.54) is 12.1 Å². The van der Waals surface area contributed by atoms with Crippen LogP contribution in [0.1, 0.15) is 29.2 Å². The van der Waals surface area contributed by atoms with E-state index in [9.17, 15) is 14.4 Å². The highest BCUT2D eigenvalue weighted by atomic mass is 127. The topological polar surface area (TPSA) is 62.1 Å². The Hall–Kier alpha value is -3.18. The van der Waals surface area contributed by atoms with Crippen molar-refractivity contribution < 1.29 is 13.9 Å². The molecule has 0 radical (unpaired) electrons. The molecular weight excluding hydrogens is 518 g/mol. The van der Waals surface area contributed by atoms with E-state index in [2.05, 4.69) is 27.9 Å². The third kappa shape index (κ3) is 5.74. The quantitative estimate of drug-likeness (QED) is 0.218. The van der Waals surface area contributed by atoms with Gasteiger partial charge in [-0.15, -0.1) is 0 Å². The third-order valence-corrected chi connectivity index (χ3v) is 5.83. The summed E-state index contributed by atoms with van der Waals surface area (Å²) in [5.41, 5.74) is 3.63. The number of anilines is 1. The number of para-hydroxylation sites is 1. The molecule has 0 spiro atoms. The Balaban J connectivity index is 1.93. The summed E-state index contributed by atoms with van der Waals surface area (Å²) in [5.74, 6) is -0.148. The van der Waals surface area contributed by atoms with Crippen LogP contribution in [0.4, 0.5) is 10.1 Å². The molecule has 0 atom stereocenters. The maximum Gasteiger partial charge on any atom is 0.266 e. The number of hydrogen-bond acceptors (Lipinski definition) is 3. The molecule has 0 aliphatic heterocycles. The van der Waals surface area contributed by atoms with Gasteiger partial charge < -0.3 is 10.1 Å². The molecule has 0 saturated carbocycles. The number of nitriles is 1. The van der Waals surface area contributed by atoms with Crippen LogP contribution in [0.2, 0.25) is 0 Å². The highest BCUT2D eigenvalue weighted by Gasteiger charge is 2.15. The molecule has 32 heavy (non-hydrogen) atoms. The first-order chi connectivity index (χ1) is 15.4. The molecule has 1 amide bonds. The van der Waals surface area contributed by atoms with Gasteiger partial charge in [0.25, 0.3) is 5.91 Å². The van der Waals surface area contributed by atoms with Crippen LogP contribution in [-0.4, -0.2) is 12.5 Å². The number of rotatable bonds is 7. The van der Waals surface area contributed by atoms with Crippen molar-refractivity contribution in [2.75, 3.05) is 11.9 Å². The summed E-state index contributed by atoms with van der Waals surface area (Å²) in [4.78, 5) is 12.7. The van der Waals surface area contributed by atoms with Crippen LogP contribution in [0.15, 0.2) is 66.2 Å². The fourth-order valence-corrected chi connectivity index (χ4v) is 4.04. The molecule has 3 aromatic carbocycles. The Kier molecular flexibility index (Phi) is 8.01. The number of carbonyl (C=O) groups is 1. The van der Waals surface area contributed by atoms with Crippen LogP contribution >= 0.6 is 22.6 Å². The van der Waals surface area contributed by atoms with E-state index < -0.39 is 5.91 Å². The van der Waals surface area contributed by atoms with Crippen molar-refractivity contribution in [3.63, 3.8) is 0 Å². The number of nitrogens with one attached hydrogen (secondary N) is 1. The van der Waals surface area contributed by atoms with Gasteiger partial charge in [0.1, 0.15) is 23.2 Å². The summed E-state index contributed by atoms with van der Waals surface area (Å²) >= 11 is 2.17. The molecule has 0 bridgehead atoms. The summed E-state index contributed by atoms with van der Waals surface area (Å²) < 4.78 is 20.9. The molecule has 3 rings (SSSR count). The smallest absolute Gasteiger partial charge is 0.266 e. The molecule has 0 unspecified atom stereocenters. The Morgan fingerprint density at radius 1 is 1.19 bits per heavy atom. The van der Waals surface area contributed by atoms with Gasteiger partial charge in [-0.05, 0) is 83.5 Å². The average Bonchev–Trinajstić information content (AvgIpc) is 2.77. The Morgan fingerprint density at radius 2 is 1.91 bits per heavy atom. The number of amides is 1. The summed E-state index contributed by atoms with van der Waals surface area (Å²) in [7, 11) is 0. The van der Waals surface area contributed by atoms with E-state index in [0.29, 0.717) is 35.6 Å². The zero-order valence-corrected chi connectivity index (χ0v) is 19.9. The first-order valence-electron chi connectivity index (χ1n) is 10.1. The Morgan fingerprint density at radius 3 is 2.59 bits per heavy atom. The highest BCUT2D eigenvalue weighted by Crippen LogP contribution is 2.30. The van der Waals surface area contributed by atoms with Gasteiger partial charge in [0.2, 0.25) is 0 Å². The van der Waals surface area contributed by atoms with Crippen molar-refractivity contribution in [1.82, 2.24) is 0 Å². The second-order valence-electron chi connectivity index (χ2n) is 7.12. The van der Waals surface area contributed by atoms with Crippen molar-refractivity contribution >= 4 is 40.3 Å². The number of benzene rings is 3. The molecular formula is C26H22FIN2O2. The minimum Gasteiger partial charge on any atom is -0.494 e. The number of halogens is 2. The molecule has 0 fully saturated rings. The van der Waals surface area contributed by atoms with E-state index in [0.717, 1.165) is 14.7 Å². The van der Waals surface area contributed by atoms with Gasteiger partial charge in [-0.2, -0.15) is 5.26 Å². The molecule has 1 N–H and O–H groups in total. The molecule has 0 aliphatic rings. The Bertz CT molecular complexity index is 1210. The predicted molar refractivity (Wildman–Crippen MR) is 133 cm³/mol. The number of ether oxygens (including phenoxy) is 1. The van der Waals surface area contributed by atoms with Crippen LogP contribution in [0, 0.1) is 27.6 Å². The number of carbonyl (C=O) groups excluding carboxylic acids is 1. The van der Waals surface area contributed by atoms with Crippen LogP contribution in [0.5, 0.6) is 5.75 Å². The van der Waals surface area contributed by atoms with Crippen LogP contribution in [0.25, 0.3) is 6.08 Å². The fourth-order valence-electron chi connectivity index (χ4n) is 3.22. The lowest BCUT2D eigenvalue weighted by atomic mass is 10.0. The maximum absolute atomic E-state index is 14.2. The SMILES string of the molecule is CCOc1cc(/C=C(\C#N)C(=O)Nc2ccccc2C)cc(I)c1Cc1ccccc1F. The lowest BCUT2D eigenvalue weighted by molar-refractivity contribution is -0.112. The van der Waals surface area contributed by atoms with E-state index in [1.54, 1.807) is 30.3 Å². The number of hydrogen-bond donors (Lipinski definition) is 1. The molecule has 162 valence electrons. The van der Waals surface area contributed by atoms with Gasteiger partial charge in [-0.25, -0.2) is 4.39 Å². The summed E-state index contributed by atoms with van der Waals surface area (Å²) in [6, 6.07) is 19.6. The van der Waals surface area contributed by atoms with E-state index in [-0.39, 0.29) is 11.4 Å². The minimum atomic E-state index is -0.481. The van der Waals surface area contributed by atoms with E-state index in [1.807, 2.05) is 44.2 Å². The number of nitrogens with zero attached hydrogens (tertiary/aromatic N) is 1. The first-order valence-corrected chi connectivity index (χ1v) is 11.2. The van der Waals surface area contributed by atoms with Crippen molar-refractivity contribution in [1.29, 1.82) is 5.26 Å². The standard InChI is InChI=1S/C26H22FIN2O2/c1-3-32-25-14-18(13-23(28)21(25)15-19-9-5-6-10-22(19)27)12-20(16-29)26(31)30-24-11-7-4-8-17(24)2/h4-14H,3,15H2,1-2H3,(H,30,31)/b20-12+. The second kappa shape index (κ2) is 10.9. The zero-order valence-electron chi connectivity index (χ0n) is 17.8. The molecule has 0 aliphatic carbocycles. The van der Waals surface area contributed by atoms with Crippen molar-refractivity contribution in [2.45, 2.75) is 20.3 Å². The third-order valence-electron chi connectivity index (χ3n) is 4.87.